The number of carboxylic acids is 1. The van der Waals surface area contributed by atoms with Crippen LogP contribution in [0, 0.1) is 24.1 Å². The number of piperidine rings is 1. The first kappa shape index (κ1) is 36.3. The largest absolute Gasteiger partial charge is 0.493 e. The number of hydrogen-bond donors (Lipinski definition) is 2. The van der Waals surface area contributed by atoms with E-state index >= 15 is 0 Å². The molecular weight excluding hydrogens is 595 g/mol. The van der Waals surface area contributed by atoms with Crippen LogP contribution < -0.4 is 9.64 Å². The number of anilines is 1. The summed E-state index contributed by atoms with van der Waals surface area (Å²) in [7, 11) is 0. The molecule has 1 saturated heterocycles. The van der Waals surface area contributed by atoms with Gasteiger partial charge in [-0.25, -0.2) is 4.39 Å². The third-order valence-corrected chi connectivity index (χ3v) is 8.84. The lowest BCUT2D eigenvalue weighted by Gasteiger charge is -2.40. The van der Waals surface area contributed by atoms with Crippen molar-refractivity contribution in [3.05, 3.63) is 76.9 Å². The molecule has 256 valence electrons. The maximum atomic E-state index is 13.2. The van der Waals surface area contributed by atoms with Gasteiger partial charge in [-0.1, -0.05) is 44.5 Å². The van der Waals surface area contributed by atoms with Crippen molar-refractivity contribution < 1.29 is 28.9 Å². The van der Waals surface area contributed by atoms with E-state index in [0.717, 1.165) is 77.6 Å². The highest BCUT2D eigenvalue weighted by molar-refractivity contribution is 5.86. The van der Waals surface area contributed by atoms with E-state index in [1.54, 1.807) is 32.9 Å². The zero-order valence-corrected chi connectivity index (χ0v) is 29.1. The zero-order chi connectivity index (χ0) is 34.2. The number of pyridine rings is 1. The second-order valence-electron chi connectivity index (χ2n) is 14.8. The van der Waals surface area contributed by atoms with Crippen LogP contribution >= 0.6 is 0 Å². The molecule has 8 heteroatoms. The molecule has 5 rings (SSSR count). The molecule has 0 atom stereocenters. The molecule has 2 N–H and O–H groups in total. The van der Waals surface area contributed by atoms with Crippen LogP contribution in [-0.2, 0) is 29.0 Å². The first-order valence-corrected chi connectivity index (χ1v) is 17.0. The Bertz CT molecular complexity index is 1440. The Balaban J connectivity index is 0.000000930. The Kier molecular flexibility index (Phi) is 12.4. The second-order valence-corrected chi connectivity index (χ2v) is 14.8. The Morgan fingerprint density at radius 3 is 2.21 bits per heavy atom. The number of carboxylic acid groups (broad SMARTS) is 1. The van der Waals surface area contributed by atoms with Crippen molar-refractivity contribution >= 4 is 11.7 Å². The van der Waals surface area contributed by atoms with Crippen LogP contribution in [0.15, 0.2) is 48.5 Å². The molecule has 2 heterocycles. The summed E-state index contributed by atoms with van der Waals surface area (Å²) in [5.41, 5.74) is 6.07. The number of aliphatic hydroxyl groups is 1. The first-order chi connectivity index (χ1) is 22.2. The van der Waals surface area contributed by atoms with E-state index in [1.807, 2.05) is 31.2 Å². The van der Waals surface area contributed by atoms with Gasteiger partial charge in [0, 0.05) is 42.9 Å². The quantitative estimate of drug-likeness (QED) is 0.205. The maximum Gasteiger partial charge on any atom is 0.307 e. The van der Waals surface area contributed by atoms with Crippen LogP contribution in [0.4, 0.5) is 10.1 Å². The van der Waals surface area contributed by atoms with E-state index in [4.69, 9.17) is 19.6 Å². The van der Waals surface area contributed by atoms with E-state index in [0.29, 0.717) is 25.6 Å². The molecule has 0 radical (unpaired) electrons. The van der Waals surface area contributed by atoms with Crippen molar-refractivity contribution in [2.75, 3.05) is 31.2 Å². The summed E-state index contributed by atoms with van der Waals surface area (Å²) >= 11 is 0. The van der Waals surface area contributed by atoms with E-state index in [1.165, 1.54) is 31.4 Å². The molecule has 2 aliphatic rings. The molecule has 1 aliphatic heterocycles. The van der Waals surface area contributed by atoms with Crippen LogP contribution in [0.5, 0.6) is 5.75 Å². The van der Waals surface area contributed by atoms with Gasteiger partial charge in [0.25, 0.3) is 0 Å². The van der Waals surface area contributed by atoms with Crippen molar-refractivity contribution in [2.45, 2.75) is 98.7 Å². The smallest absolute Gasteiger partial charge is 0.307 e. The van der Waals surface area contributed by atoms with Gasteiger partial charge >= 0.3 is 5.97 Å². The second kappa shape index (κ2) is 16.1. The average molecular weight is 649 g/mol. The van der Waals surface area contributed by atoms with Gasteiger partial charge in [-0.3, -0.25) is 9.78 Å². The molecule has 3 aromatic rings. The molecule has 1 aromatic heterocycles. The Morgan fingerprint density at radius 1 is 1.04 bits per heavy atom. The van der Waals surface area contributed by atoms with Crippen LogP contribution in [0.3, 0.4) is 0 Å². The number of aliphatic carboxylic acids is 1. The molecule has 1 saturated carbocycles. The molecular formula is C39H53FN2O5. The average Bonchev–Trinajstić information content (AvgIpc) is 2.96. The van der Waals surface area contributed by atoms with Gasteiger partial charge in [0.15, 0.2) is 0 Å². The van der Waals surface area contributed by atoms with E-state index in [-0.39, 0.29) is 17.7 Å². The summed E-state index contributed by atoms with van der Waals surface area (Å²) in [6.45, 7) is 15.1. The number of carbonyl (C=O) groups is 1. The van der Waals surface area contributed by atoms with Gasteiger partial charge in [0.05, 0.1) is 36.6 Å². The normalized spacial score (nSPS) is 16.2. The number of ether oxygens (including phenoxy) is 2. The van der Waals surface area contributed by atoms with E-state index in [9.17, 15) is 14.3 Å². The minimum Gasteiger partial charge on any atom is -0.493 e. The third kappa shape index (κ3) is 11.3. The highest BCUT2D eigenvalue weighted by Gasteiger charge is 2.31. The number of aromatic nitrogens is 1. The van der Waals surface area contributed by atoms with Crippen LogP contribution in [0.25, 0.3) is 11.1 Å². The number of aryl methyl sites for hydroxylation is 1. The zero-order valence-electron chi connectivity index (χ0n) is 29.1. The third-order valence-electron chi connectivity index (χ3n) is 8.84. The highest BCUT2D eigenvalue weighted by Crippen LogP contribution is 2.42. The minimum atomic E-state index is -0.858. The maximum absolute atomic E-state index is 13.2. The molecule has 0 unspecified atom stereocenters. The van der Waals surface area contributed by atoms with Crippen molar-refractivity contribution in [3.8, 4) is 16.9 Å². The van der Waals surface area contributed by atoms with Crippen molar-refractivity contribution in [1.82, 2.24) is 4.98 Å². The molecule has 1 aliphatic carbocycles. The van der Waals surface area contributed by atoms with Crippen molar-refractivity contribution in [3.63, 3.8) is 0 Å². The summed E-state index contributed by atoms with van der Waals surface area (Å²) in [5.74, 6) is 0.267. The Labute approximate surface area is 280 Å². The van der Waals surface area contributed by atoms with Crippen LogP contribution in [0.1, 0.15) is 89.2 Å². The lowest BCUT2D eigenvalue weighted by molar-refractivity contribution is -0.136. The van der Waals surface area contributed by atoms with Crippen LogP contribution in [-0.4, -0.2) is 53.1 Å². The molecule has 7 nitrogen and oxygen atoms in total. The highest BCUT2D eigenvalue weighted by atomic mass is 19.1. The SMILES string of the molecule is CC(C)(C)O.Cc1nc(COCC2CCC2)c(-c2ccc(OCCc3ccc(F)cc3)cc2)c(N2CCC(C)(C)CC2)c1CC(=O)O. The Morgan fingerprint density at radius 2 is 1.66 bits per heavy atom. The topological polar surface area (TPSA) is 92.1 Å². The van der Waals surface area contributed by atoms with Gasteiger partial charge in [-0.2, -0.15) is 0 Å². The number of hydrogen-bond acceptors (Lipinski definition) is 6. The molecule has 47 heavy (non-hydrogen) atoms. The summed E-state index contributed by atoms with van der Waals surface area (Å²) in [5, 5.41) is 18.4. The van der Waals surface area contributed by atoms with Crippen LogP contribution in [0.2, 0.25) is 0 Å². The summed E-state index contributed by atoms with van der Waals surface area (Å²) in [6.07, 6.45) is 6.38. The molecule has 0 amide bonds. The van der Waals surface area contributed by atoms with Gasteiger partial charge in [-0.15, -0.1) is 0 Å². The van der Waals surface area contributed by atoms with Crippen molar-refractivity contribution in [1.29, 1.82) is 0 Å². The fourth-order valence-electron chi connectivity index (χ4n) is 5.88. The summed E-state index contributed by atoms with van der Waals surface area (Å²) in [6, 6.07) is 14.5. The van der Waals surface area contributed by atoms with Gasteiger partial charge in [0.1, 0.15) is 11.6 Å². The summed E-state index contributed by atoms with van der Waals surface area (Å²) < 4.78 is 25.4. The monoisotopic (exact) mass is 648 g/mol. The first-order valence-electron chi connectivity index (χ1n) is 17.0. The van der Waals surface area contributed by atoms with E-state index < -0.39 is 11.6 Å². The molecule has 0 bridgehead atoms. The van der Waals surface area contributed by atoms with Gasteiger partial charge in [0.2, 0.25) is 0 Å². The number of nitrogens with zero attached hydrogens (tertiary/aromatic N) is 2. The number of benzene rings is 2. The lowest BCUT2D eigenvalue weighted by Crippen LogP contribution is -2.38. The molecule has 2 fully saturated rings. The fraction of sp³-hybridized carbons (Fsp3) is 0.538. The molecule has 2 aromatic carbocycles. The Hall–Kier alpha value is -3.49. The van der Waals surface area contributed by atoms with E-state index in [2.05, 4.69) is 18.7 Å². The molecule has 0 spiro atoms. The number of rotatable bonds is 12. The van der Waals surface area contributed by atoms with Crippen molar-refractivity contribution in [2.24, 2.45) is 11.3 Å². The summed E-state index contributed by atoms with van der Waals surface area (Å²) in [4.78, 5) is 19.4. The minimum absolute atomic E-state index is 0.0746. The van der Waals surface area contributed by atoms with Gasteiger partial charge < -0.3 is 24.6 Å². The fourth-order valence-corrected chi connectivity index (χ4v) is 5.88. The van der Waals surface area contributed by atoms with Gasteiger partial charge in [-0.05, 0) is 100 Å². The predicted molar refractivity (Wildman–Crippen MR) is 186 cm³/mol. The standard InChI is InChI=1S/C35H43FN2O4.C4H10O/c1-24-30(21-32(39)40)34(38-18-16-35(2,3)17-19-38)33(31(37-24)23-41-22-26-5-4-6-26)27-9-13-29(14-10-27)42-20-15-25-7-11-28(36)12-8-25;1-4(2,3)5/h7-14,26H,4-6,15-23H2,1-3H3,(H,39,40);5H,1-3H3. The number of halogens is 1. The lowest BCUT2D eigenvalue weighted by atomic mass is 9.82. The predicted octanol–water partition coefficient (Wildman–Crippen LogP) is 8.17.